The second-order valence-electron chi connectivity index (χ2n) is 2.40. The van der Waals surface area contributed by atoms with E-state index in [2.05, 4.69) is 19.9 Å². The molecule has 0 saturated carbocycles. The van der Waals surface area contributed by atoms with Crippen molar-refractivity contribution in [3.8, 4) is 0 Å². The number of nitro groups is 1. The Morgan fingerprint density at radius 1 is 1.67 bits per heavy atom. The number of thioether (sulfide) groups is 1. The minimum absolute atomic E-state index is 0.231. The summed E-state index contributed by atoms with van der Waals surface area (Å²) in [6, 6.07) is 0. The maximum Gasteiger partial charge on any atom is 0.456 e. The summed E-state index contributed by atoms with van der Waals surface area (Å²) in [5.41, 5.74) is 0. The van der Waals surface area contributed by atoms with Gasteiger partial charge in [-0.15, -0.1) is 0 Å². The summed E-state index contributed by atoms with van der Waals surface area (Å²) >= 11 is 1.19. The van der Waals surface area contributed by atoms with Gasteiger partial charge in [0.1, 0.15) is 6.61 Å². The first-order valence-electron chi connectivity index (χ1n) is 3.93. The molecule has 0 aliphatic heterocycles. The lowest BCUT2D eigenvalue weighted by Gasteiger charge is -1.97. The van der Waals surface area contributed by atoms with E-state index in [-0.39, 0.29) is 12.6 Å². The van der Waals surface area contributed by atoms with E-state index in [0.717, 1.165) is 0 Å². The van der Waals surface area contributed by atoms with Gasteiger partial charge in [0, 0.05) is 12.7 Å². The maximum atomic E-state index is 10.4. The van der Waals surface area contributed by atoms with Crippen molar-refractivity contribution < 1.29 is 14.5 Å². The van der Waals surface area contributed by atoms with Crippen molar-refractivity contribution in [2.45, 2.75) is 12.1 Å². The Kier molecular flexibility index (Phi) is 4.03. The predicted molar refractivity (Wildman–Crippen MR) is 50.4 cm³/mol. The Hall–Kier alpha value is -1.64. The number of rotatable bonds is 5. The summed E-state index contributed by atoms with van der Waals surface area (Å²) in [4.78, 5) is 22.4. The Morgan fingerprint density at radius 2 is 2.40 bits per heavy atom. The molecule has 1 heterocycles. The predicted octanol–water partition coefficient (Wildman–Crippen LogP) is 0.368. The van der Waals surface area contributed by atoms with E-state index in [1.54, 1.807) is 0 Å². The number of nitrogens with zero attached hydrogens (tertiary/aromatic N) is 3. The van der Waals surface area contributed by atoms with Gasteiger partial charge >= 0.3 is 11.9 Å². The number of aromatic amines is 1. The van der Waals surface area contributed by atoms with Crippen molar-refractivity contribution in [2.24, 2.45) is 0 Å². The first-order valence-corrected chi connectivity index (χ1v) is 4.91. The standard InChI is InChI=1S/C6H8N4O4S/c1-4(11)14-2-3-15-6-7-5(8-9-6)10(12)13/h2-3H2,1H3,(H,7,8,9). The molecule has 82 valence electrons. The second kappa shape index (κ2) is 5.29. The monoisotopic (exact) mass is 232 g/mol. The largest absolute Gasteiger partial charge is 0.465 e. The van der Waals surface area contributed by atoms with Crippen LogP contribution < -0.4 is 0 Å². The first kappa shape index (κ1) is 11.4. The number of nitrogens with one attached hydrogen (secondary N) is 1. The number of carbonyl (C=O) groups is 1. The average Bonchev–Trinajstić information content (AvgIpc) is 2.60. The zero-order chi connectivity index (χ0) is 11.3. The molecule has 0 bridgehead atoms. The van der Waals surface area contributed by atoms with Crippen LogP contribution in [-0.2, 0) is 9.53 Å². The summed E-state index contributed by atoms with van der Waals surface area (Å²) in [6.45, 7) is 1.54. The Labute approximate surface area is 88.6 Å². The molecule has 0 aliphatic carbocycles. The number of aromatic nitrogens is 3. The van der Waals surface area contributed by atoms with Crippen LogP contribution in [0, 0.1) is 10.1 Å². The lowest BCUT2D eigenvalue weighted by atomic mass is 10.8. The molecule has 15 heavy (non-hydrogen) atoms. The van der Waals surface area contributed by atoms with Crippen molar-refractivity contribution in [1.82, 2.24) is 15.2 Å². The molecule has 0 fully saturated rings. The fourth-order valence-electron chi connectivity index (χ4n) is 0.709. The van der Waals surface area contributed by atoms with E-state index in [4.69, 9.17) is 0 Å². The van der Waals surface area contributed by atoms with Gasteiger partial charge in [-0.2, -0.15) is 0 Å². The summed E-state index contributed by atoms with van der Waals surface area (Å²) < 4.78 is 4.66. The third kappa shape index (κ3) is 3.94. The van der Waals surface area contributed by atoms with E-state index >= 15 is 0 Å². The normalized spacial score (nSPS) is 9.93. The molecule has 1 aromatic heterocycles. The van der Waals surface area contributed by atoms with Crippen LogP contribution in [0.25, 0.3) is 0 Å². The van der Waals surface area contributed by atoms with Gasteiger partial charge in [0.15, 0.2) is 0 Å². The molecule has 0 aliphatic rings. The SMILES string of the molecule is CC(=O)OCCSc1nnc([N+](=O)[O-])[nH]1. The number of H-pyrrole nitrogens is 1. The van der Waals surface area contributed by atoms with E-state index in [9.17, 15) is 14.9 Å². The fourth-order valence-corrected chi connectivity index (χ4v) is 1.33. The van der Waals surface area contributed by atoms with Gasteiger partial charge in [0.05, 0.1) is 5.10 Å². The molecule has 0 atom stereocenters. The van der Waals surface area contributed by atoms with E-state index < -0.39 is 10.9 Å². The molecule has 0 saturated heterocycles. The quantitative estimate of drug-likeness (QED) is 0.256. The number of hydrogen-bond donors (Lipinski definition) is 1. The molecule has 8 nitrogen and oxygen atoms in total. The minimum Gasteiger partial charge on any atom is -0.465 e. The highest BCUT2D eigenvalue weighted by molar-refractivity contribution is 7.99. The highest BCUT2D eigenvalue weighted by Crippen LogP contribution is 2.14. The van der Waals surface area contributed by atoms with Crippen molar-refractivity contribution in [3.63, 3.8) is 0 Å². The number of carbonyl (C=O) groups excluding carboxylic acids is 1. The van der Waals surface area contributed by atoms with Crippen LogP contribution in [0.3, 0.4) is 0 Å². The lowest BCUT2D eigenvalue weighted by molar-refractivity contribution is -0.394. The Morgan fingerprint density at radius 3 is 2.93 bits per heavy atom. The molecule has 0 aromatic carbocycles. The molecule has 1 N–H and O–H groups in total. The van der Waals surface area contributed by atoms with Gasteiger partial charge in [0.2, 0.25) is 0 Å². The number of esters is 1. The fraction of sp³-hybridized carbons (Fsp3) is 0.500. The van der Waals surface area contributed by atoms with Crippen LogP contribution >= 0.6 is 11.8 Å². The number of hydrogen-bond acceptors (Lipinski definition) is 7. The summed E-state index contributed by atoms with van der Waals surface area (Å²) in [6.07, 6.45) is 0. The molecule has 1 aromatic rings. The Balaban J connectivity index is 2.31. The second-order valence-corrected chi connectivity index (χ2v) is 3.48. The van der Waals surface area contributed by atoms with E-state index in [1.165, 1.54) is 18.7 Å². The van der Waals surface area contributed by atoms with E-state index in [0.29, 0.717) is 10.9 Å². The first-order chi connectivity index (χ1) is 7.09. The summed E-state index contributed by atoms with van der Waals surface area (Å²) in [5, 5.41) is 17.4. The minimum atomic E-state index is -0.664. The van der Waals surface area contributed by atoms with Crippen LogP contribution in [0.1, 0.15) is 6.92 Å². The van der Waals surface area contributed by atoms with Gasteiger partial charge in [-0.25, -0.2) is 4.98 Å². The molecule has 0 spiro atoms. The van der Waals surface area contributed by atoms with Gasteiger partial charge in [-0.3, -0.25) is 4.79 Å². The third-order valence-corrected chi connectivity index (χ3v) is 2.08. The van der Waals surface area contributed by atoms with Gasteiger partial charge in [-0.05, 0) is 10.0 Å². The lowest BCUT2D eigenvalue weighted by Crippen LogP contribution is -2.02. The maximum absolute atomic E-state index is 10.4. The van der Waals surface area contributed by atoms with Crippen molar-refractivity contribution in [1.29, 1.82) is 0 Å². The van der Waals surface area contributed by atoms with Crippen LogP contribution in [0.5, 0.6) is 0 Å². The molecule has 0 radical (unpaired) electrons. The zero-order valence-electron chi connectivity index (χ0n) is 7.80. The topological polar surface area (TPSA) is 111 Å². The smallest absolute Gasteiger partial charge is 0.456 e. The molecule has 0 unspecified atom stereocenters. The third-order valence-electron chi connectivity index (χ3n) is 1.25. The summed E-state index contributed by atoms with van der Waals surface area (Å²) in [5.74, 6) is -0.296. The molecule has 9 heteroatoms. The van der Waals surface area contributed by atoms with Crippen LogP contribution in [0.2, 0.25) is 0 Å². The van der Waals surface area contributed by atoms with Gasteiger partial charge in [0.25, 0.3) is 5.16 Å². The number of ether oxygens (including phenoxy) is 1. The molecule has 0 amide bonds. The van der Waals surface area contributed by atoms with Crippen molar-refractivity contribution >= 4 is 23.7 Å². The molecular weight excluding hydrogens is 224 g/mol. The van der Waals surface area contributed by atoms with Crippen molar-refractivity contribution in [2.75, 3.05) is 12.4 Å². The van der Waals surface area contributed by atoms with Gasteiger partial charge in [-0.1, -0.05) is 11.8 Å². The highest BCUT2D eigenvalue weighted by atomic mass is 32.2. The zero-order valence-corrected chi connectivity index (χ0v) is 8.61. The van der Waals surface area contributed by atoms with Crippen LogP contribution in [0.4, 0.5) is 5.95 Å². The van der Waals surface area contributed by atoms with Crippen molar-refractivity contribution in [3.05, 3.63) is 10.1 Å². The van der Waals surface area contributed by atoms with Crippen LogP contribution in [-0.4, -0.2) is 38.4 Å². The molecule has 1 rings (SSSR count). The summed E-state index contributed by atoms with van der Waals surface area (Å²) in [7, 11) is 0. The van der Waals surface area contributed by atoms with Gasteiger partial charge < -0.3 is 14.9 Å². The Bertz CT molecular complexity index is 366. The van der Waals surface area contributed by atoms with Crippen LogP contribution in [0.15, 0.2) is 5.16 Å². The average molecular weight is 232 g/mol. The highest BCUT2D eigenvalue weighted by Gasteiger charge is 2.13. The molecular formula is C6H8N4O4S. The van der Waals surface area contributed by atoms with E-state index in [1.807, 2.05) is 0 Å².